The summed E-state index contributed by atoms with van der Waals surface area (Å²) in [6.07, 6.45) is 6.03. The average Bonchev–Trinajstić information content (AvgIpc) is 3.33. The molecule has 0 amide bonds. The van der Waals surface area contributed by atoms with Crippen molar-refractivity contribution in [1.82, 2.24) is 9.88 Å². The normalized spacial score (nSPS) is 13.7. The second kappa shape index (κ2) is 8.29. The molecule has 0 spiro atoms. The number of para-hydroxylation sites is 1. The van der Waals surface area contributed by atoms with Crippen LogP contribution in [0.2, 0.25) is 0 Å². The smallest absolute Gasteiger partial charge is 0.196 e. The Morgan fingerprint density at radius 3 is 2.56 bits per heavy atom. The van der Waals surface area contributed by atoms with E-state index < -0.39 is 0 Å². The lowest BCUT2D eigenvalue weighted by Gasteiger charge is -2.09. The fourth-order valence-corrected chi connectivity index (χ4v) is 3.96. The molecule has 158 valence electrons. The molecule has 5 rings (SSSR count). The fourth-order valence-electron chi connectivity index (χ4n) is 3.96. The van der Waals surface area contributed by atoms with Gasteiger partial charge in [-0.25, -0.2) is 0 Å². The van der Waals surface area contributed by atoms with Gasteiger partial charge in [0.05, 0.1) is 11.4 Å². The first-order valence-electron chi connectivity index (χ1n) is 10.6. The molecule has 4 aromatic rings. The molecule has 2 heterocycles. The second-order valence-corrected chi connectivity index (χ2v) is 8.25. The molecule has 0 aliphatic carbocycles. The summed E-state index contributed by atoms with van der Waals surface area (Å²) in [7, 11) is 4.14. The Labute approximate surface area is 186 Å². The van der Waals surface area contributed by atoms with Gasteiger partial charge in [-0.3, -0.25) is 0 Å². The van der Waals surface area contributed by atoms with Crippen LogP contribution >= 0.6 is 0 Å². The summed E-state index contributed by atoms with van der Waals surface area (Å²) in [5.74, 6) is 0.167. The number of rotatable bonds is 5. The molecule has 32 heavy (non-hydrogen) atoms. The van der Waals surface area contributed by atoms with Crippen molar-refractivity contribution in [1.29, 1.82) is 0 Å². The number of aromatic nitrogens is 1. The van der Waals surface area contributed by atoms with E-state index in [-0.39, 0.29) is 5.88 Å². The number of hydrogen-bond acceptors (Lipinski definition) is 4. The monoisotopic (exact) mass is 420 g/mol. The van der Waals surface area contributed by atoms with E-state index in [9.17, 15) is 5.11 Å². The van der Waals surface area contributed by atoms with Crippen LogP contribution in [0.25, 0.3) is 28.8 Å². The van der Waals surface area contributed by atoms with E-state index in [0.29, 0.717) is 0 Å². The van der Waals surface area contributed by atoms with Gasteiger partial charge in [-0.05, 0) is 60.8 Å². The van der Waals surface area contributed by atoms with Crippen molar-refractivity contribution in [3.05, 3.63) is 99.9 Å². The Kier molecular flexibility index (Phi) is 5.17. The zero-order chi connectivity index (χ0) is 22.1. The second-order valence-electron chi connectivity index (χ2n) is 8.25. The van der Waals surface area contributed by atoms with Crippen LogP contribution in [-0.4, -0.2) is 29.1 Å². The molecule has 0 fully saturated rings. The molecule has 3 aromatic carbocycles. The first-order valence-corrected chi connectivity index (χ1v) is 10.6. The number of fused-ring (bicyclic) bond motifs is 2. The number of aromatic hydroxyl groups is 1. The summed E-state index contributed by atoms with van der Waals surface area (Å²) in [5.41, 5.74) is 5.78. The Balaban J connectivity index is 1.44. The Morgan fingerprint density at radius 1 is 0.938 bits per heavy atom. The summed E-state index contributed by atoms with van der Waals surface area (Å²) in [6, 6.07) is 22.5. The van der Waals surface area contributed by atoms with E-state index in [2.05, 4.69) is 64.5 Å². The molecule has 1 aliphatic heterocycles. The molecule has 0 saturated heterocycles. The molecular formula is C27H24N4O. The van der Waals surface area contributed by atoms with E-state index >= 15 is 0 Å². The molecule has 0 atom stereocenters. The third kappa shape index (κ3) is 3.98. The number of azo groups is 1. The Morgan fingerprint density at radius 2 is 1.75 bits per heavy atom. The molecule has 0 saturated carbocycles. The zero-order valence-corrected chi connectivity index (χ0v) is 18.1. The van der Waals surface area contributed by atoms with E-state index in [1.807, 2.05) is 54.6 Å². The van der Waals surface area contributed by atoms with Crippen molar-refractivity contribution in [3.8, 4) is 5.88 Å². The first-order chi connectivity index (χ1) is 15.6. The number of nitrogens with zero attached hydrogens (tertiary/aromatic N) is 3. The summed E-state index contributed by atoms with van der Waals surface area (Å²) in [6.45, 7) is 0.929. The van der Waals surface area contributed by atoms with E-state index in [1.54, 1.807) is 0 Å². The lowest BCUT2D eigenvalue weighted by atomic mass is 10.1. The van der Waals surface area contributed by atoms with Gasteiger partial charge in [0.1, 0.15) is 0 Å². The van der Waals surface area contributed by atoms with Gasteiger partial charge in [-0.15, -0.1) is 10.2 Å². The average molecular weight is 421 g/mol. The topological polar surface area (TPSA) is 64.0 Å². The van der Waals surface area contributed by atoms with E-state index in [4.69, 9.17) is 0 Å². The number of benzene rings is 3. The predicted octanol–water partition coefficient (Wildman–Crippen LogP) is 4.68. The zero-order valence-electron chi connectivity index (χ0n) is 18.1. The Bertz CT molecular complexity index is 1470. The molecule has 1 aliphatic rings. The van der Waals surface area contributed by atoms with Gasteiger partial charge in [0.15, 0.2) is 5.88 Å². The van der Waals surface area contributed by atoms with Gasteiger partial charge >= 0.3 is 0 Å². The molecule has 5 heteroatoms. The van der Waals surface area contributed by atoms with Gasteiger partial charge in [-0.1, -0.05) is 54.6 Å². The standard InChI is InChI=1S/C27H24N4O/c1-31(2)17-19-9-7-18(8-10-19)12-14-25-22-13-11-20(16-26(22)30-29-25)15-23-21-5-3-4-6-24(21)28-27(23)32/h3-16,28,32H,17H2,1-2H3. The minimum atomic E-state index is 0.167. The van der Waals surface area contributed by atoms with Crippen molar-refractivity contribution in [2.75, 3.05) is 14.1 Å². The lowest BCUT2D eigenvalue weighted by molar-refractivity contribution is 0.402. The van der Waals surface area contributed by atoms with Crippen molar-refractivity contribution in [2.45, 2.75) is 6.54 Å². The highest BCUT2D eigenvalue weighted by molar-refractivity contribution is 5.91. The molecular weight excluding hydrogens is 396 g/mol. The minimum absolute atomic E-state index is 0.167. The van der Waals surface area contributed by atoms with Crippen LogP contribution in [0.15, 0.2) is 83.0 Å². The third-order valence-electron chi connectivity index (χ3n) is 5.51. The predicted molar refractivity (Wildman–Crippen MR) is 130 cm³/mol. The summed E-state index contributed by atoms with van der Waals surface area (Å²) in [5, 5.41) is 22.0. The van der Waals surface area contributed by atoms with Gasteiger partial charge in [0.2, 0.25) is 0 Å². The van der Waals surface area contributed by atoms with Gasteiger partial charge in [0.25, 0.3) is 0 Å². The fraction of sp³-hybridized carbons (Fsp3) is 0.111. The highest BCUT2D eigenvalue weighted by Crippen LogP contribution is 2.27. The molecule has 0 radical (unpaired) electrons. The summed E-state index contributed by atoms with van der Waals surface area (Å²) < 4.78 is 0. The number of H-pyrrole nitrogens is 1. The highest BCUT2D eigenvalue weighted by atomic mass is 16.3. The number of hydrogen-bond donors (Lipinski definition) is 2. The highest BCUT2D eigenvalue weighted by Gasteiger charge is 2.09. The maximum Gasteiger partial charge on any atom is 0.196 e. The summed E-state index contributed by atoms with van der Waals surface area (Å²) in [4.78, 5) is 5.17. The minimum Gasteiger partial charge on any atom is -0.494 e. The van der Waals surface area contributed by atoms with Gasteiger partial charge in [-0.2, -0.15) is 0 Å². The van der Waals surface area contributed by atoms with Crippen LogP contribution in [-0.2, 0) is 6.54 Å². The lowest BCUT2D eigenvalue weighted by Crippen LogP contribution is -2.10. The maximum absolute atomic E-state index is 10.3. The van der Waals surface area contributed by atoms with Crippen molar-refractivity contribution < 1.29 is 5.11 Å². The molecule has 1 aromatic heterocycles. The van der Waals surface area contributed by atoms with Crippen molar-refractivity contribution in [3.63, 3.8) is 0 Å². The van der Waals surface area contributed by atoms with Crippen LogP contribution in [0.4, 0.5) is 5.69 Å². The SMILES string of the molecule is CN(C)Cc1ccc(C=CC2=c3ccc(=Cc4c(O)[nH]c5ccccc45)cc3N=N2)cc1. The van der Waals surface area contributed by atoms with Crippen molar-refractivity contribution in [2.24, 2.45) is 10.2 Å². The van der Waals surface area contributed by atoms with Crippen LogP contribution < -0.4 is 10.4 Å². The Hall–Kier alpha value is -3.96. The van der Waals surface area contributed by atoms with Crippen LogP contribution in [0, 0.1) is 0 Å². The van der Waals surface area contributed by atoms with Gasteiger partial charge in [0, 0.05) is 28.2 Å². The van der Waals surface area contributed by atoms with Crippen LogP contribution in [0.1, 0.15) is 16.7 Å². The van der Waals surface area contributed by atoms with E-state index in [0.717, 1.165) is 50.4 Å². The molecule has 0 bridgehead atoms. The molecule has 2 N–H and O–H groups in total. The summed E-state index contributed by atoms with van der Waals surface area (Å²) >= 11 is 0. The van der Waals surface area contributed by atoms with Gasteiger partial charge < -0.3 is 15.0 Å². The molecule has 5 nitrogen and oxygen atoms in total. The van der Waals surface area contributed by atoms with Crippen molar-refractivity contribution >= 4 is 34.4 Å². The number of aromatic amines is 1. The van der Waals surface area contributed by atoms with Crippen LogP contribution in [0.5, 0.6) is 5.88 Å². The molecule has 0 unspecified atom stereocenters. The largest absolute Gasteiger partial charge is 0.494 e. The first kappa shape index (κ1) is 20.0. The van der Waals surface area contributed by atoms with E-state index in [1.165, 1.54) is 5.56 Å². The van der Waals surface area contributed by atoms with Crippen LogP contribution in [0.3, 0.4) is 0 Å². The third-order valence-corrected chi connectivity index (χ3v) is 5.51. The quantitative estimate of drug-likeness (QED) is 0.492. The number of nitrogens with one attached hydrogen (secondary N) is 1. The maximum atomic E-state index is 10.3.